The van der Waals surface area contributed by atoms with Gasteiger partial charge in [0.25, 0.3) is 0 Å². The summed E-state index contributed by atoms with van der Waals surface area (Å²) in [4.78, 5) is 10.7. The molecule has 0 radical (unpaired) electrons. The monoisotopic (exact) mass is 286 g/mol. The highest BCUT2D eigenvalue weighted by molar-refractivity contribution is 9.10. The quantitative estimate of drug-likeness (QED) is 0.900. The zero-order valence-corrected chi connectivity index (χ0v) is 11.0. The average molecular weight is 287 g/mol. The highest BCUT2D eigenvalue weighted by Crippen LogP contribution is 2.26. The van der Waals surface area contributed by atoms with Crippen molar-refractivity contribution in [2.75, 3.05) is 6.61 Å². The van der Waals surface area contributed by atoms with Crippen LogP contribution in [0.3, 0.4) is 0 Å². The van der Waals surface area contributed by atoms with Gasteiger partial charge < -0.3 is 9.84 Å². The lowest BCUT2D eigenvalue weighted by Gasteiger charge is -2.12. The molecule has 0 spiro atoms. The Bertz CT molecular complexity index is 377. The maximum Gasteiger partial charge on any atom is 0.335 e. The van der Waals surface area contributed by atoms with Crippen LogP contribution in [0.5, 0.6) is 5.75 Å². The SMILES string of the molecule is CCC(C)COc1ccc(C(=O)O)cc1Br. The lowest BCUT2D eigenvalue weighted by molar-refractivity contribution is 0.0696. The van der Waals surface area contributed by atoms with Gasteiger partial charge in [0.15, 0.2) is 0 Å². The molecule has 0 bridgehead atoms. The molecule has 0 saturated carbocycles. The Balaban J connectivity index is 2.72. The van der Waals surface area contributed by atoms with Crippen LogP contribution in [0.4, 0.5) is 0 Å². The van der Waals surface area contributed by atoms with Gasteiger partial charge in [-0.3, -0.25) is 0 Å². The number of aromatic carboxylic acids is 1. The molecule has 1 aromatic carbocycles. The Morgan fingerprint density at radius 2 is 2.25 bits per heavy atom. The molecular weight excluding hydrogens is 272 g/mol. The van der Waals surface area contributed by atoms with Gasteiger partial charge in [-0.2, -0.15) is 0 Å². The predicted molar refractivity (Wildman–Crippen MR) is 66.1 cm³/mol. The summed E-state index contributed by atoms with van der Waals surface area (Å²) in [7, 11) is 0. The zero-order chi connectivity index (χ0) is 12.1. The van der Waals surface area contributed by atoms with E-state index in [-0.39, 0.29) is 5.56 Å². The summed E-state index contributed by atoms with van der Waals surface area (Å²) in [6.45, 7) is 4.86. The minimum Gasteiger partial charge on any atom is -0.492 e. The third-order valence-corrected chi connectivity index (χ3v) is 3.02. The first kappa shape index (κ1) is 13.0. The van der Waals surface area contributed by atoms with Crippen molar-refractivity contribution in [2.24, 2.45) is 5.92 Å². The maximum absolute atomic E-state index is 10.7. The van der Waals surface area contributed by atoms with E-state index < -0.39 is 5.97 Å². The van der Waals surface area contributed by atoms with Crippen molar-refractivity contribution >= 4 is 21.9 Å². The van der Waals surface area contributed by atoms with Crippen molar-refractivity contribution < 1.29 is 14.6 Å². The largest absolute Gasteiger partial charge is 0.492 e. The van der Waals surface area contributed by atoms with Crippen molar-refractivity contribution in [2.45, 2.75) is 20.3 Å². The number of halogens is 1. The van der Waals surface area contributed by atoms with E-state index in [0.717, 1.165) is 6.42 Å². The van der Waals surface area contributed by atoms with Gasteiger partial charge >= 0.3 is 5.97 Å². The van der Waals surface area contributed by atoms with E-state index in [9.17, 15) is 4.79 Å². The van der Waals surface area contributed by atoms with Crippen LogP contribution in [0.1, 0.15) is 30.6 Å². The molecule has 0 fully saturated rings. The summed E-state index contributed by atoms with van der Waals surface area (Å²) >= 11 is 3.30. The van der Waals surface area contributed by atoms with Crippen LogP contribution in [0, 0.1) is 5.92 Å². The number of benzene rings is 1. The van der Waals surface area contributed by atoms with E-state index in [0.29, 0.717) is 22.7 Å². The minimum absolute atomic E-state index is 0.253. The van der Waals surface area contributed by atoms with Crippen molar-refractivity contribution in [3.05, 3.63) is 28.2 Å². The molecule has 0 aromatic heterocycles. The first-order chi connectivity index (χ1) is 7.54. The van der Waals surface area contributed by atoms with Crippen LogP contribution in [0.2, 0.25) is 0 Å². The number of carboxylic acids is 1. The van der Waals surface area contributed by atoms with Gasteiger partial charge in [0.2, 0.25) is 0 Å². The van der Waals surface area contributed by atoms with Crippen LogP contribution in [0.25, 0.3) is 0 Å². The van der Waals surface area contributed by atoms with Gasteiger partial charge in [-0.1, -0.05) is 20.3 Å². The molecule has 0 amide bonds. The Morgan fingerprint density at radius 3 is 2.75 bits per heavy atom. The number of carboxylic acid groups (broad SMARTS) is 1. The second kappa shape index (κ2) is 5.89. The van der Waals surface area contributed by atoms with Gasteiger partial charge in [0.1, 0.15) is 5.75 Å². The summed E-state index contributed by atoms with van der Waals surface area (Å²) in [5, 5.41) is 8.79. The number of ether oxygens (including phenoxy) is 1. The van der Waals surface area contributed by atoms with Crippen molar-refractivity contribution in [1.29, 1.82) is 0 Å². The van der Waals surface area contributed by atoms with Gasteiger partial charge in [-0.15, -0.1) is 0 Å². The fourth-order valence-electron chi connectivity index (χ4n) is 1.10. The van der Waals surface area contributed by atoms with E-state index in [4.69, 9.17) is 9.84 Å². The van der Waals surface area contributed by atoms with Crippen LogP contribution in [0.15, 0.2) is 22.7 Å². The fraction of sp³-hybridized carbons (Fsp3) is 0.417. The molecule has 16 heavy (non-hydrogen) atoms. The fourth-order valence-corrected chi connectivity index (χ4v) is 1.59. The second-order valence-corrected chi connectivity index (χ2v) is 4.63. The third-order valence-electron chi connectivity index (χ3n) is 2.40. The molecule has 88 valence electrons. The van der Waals surface area contributed by atoms with E-state index in [1.165, 1.54) is 0 Å². The summed E-state index contributed by atoms with van der Waals surface area (Å²) in [6.07, 6.45) is 1.06. The molecule has 0 saturated heterocycles. The predicted octanol–water partition coefficient (Wildman–Crippen LogP) is 3.57. The number of carbonyl (C=O) groups is 1. The van der Waals surface area contributed by atoms with E-state index >= 15 is 0 Å². The van der Waals surface area contributed by atoms with Crippen LogP contribution in [-0.2, 0) is 0 Å². The Labute approximate surface area is 104 Å². The molecular formula is C12H15BrO3. The molecule has 4 heteroatoms. The first-order valence-electron chi connectivity index (χ1n) is 5.20. The number of hydrogen-bond acceptors (Lipinski definition) is 2. The Hall–Kier alpha value is -1.03. The van der Waals surface area contributed by atoms with Crippen LogP contribution >= 0.6 is 15.9 Å². The first-order valence-corrected chi connectivity index (χ1v) is 5.99. The Kier molecular flexibility index (Phi) is 4.80. The highest BCUT2D eigenvalue weighted by atomic mass is 79.9. The normalized spacial score (nSPS) is 12.2. The maximum atomic E-state index is 10.7. The van der Waals surface area contributed by atoms with Crippen molar-refractivity contribution in [3.8, 4) is 5.75 Å². The molecule has 3 nitrogen and oxygen atoms in total. The molecule has 0 aliphatic heterocycles. The molecule has 1 unspecified atom stereocenters. The number of hydrogen-bond donors (Lipinski definition) is 1. The number of rotatable bonds is 5. The zero-order valence-electron chi connectivity index (χ0n) is 9.37. The third kappa shape index (κ3) is 3.52. The van der Waals surface area contributed by atoms with E-state index in [1.54, 1.807) is 18.2 Å². The molecule has 0 aliphatic carbocycles. The highest BCUT2D eigenvalue weighted by Gasteiger charge is 2.08. The van der Waals surface area contributed by atoms with Crippen molar-refractivity contribution in [3.63, 3.8) is 0 Å². The summed E-state index contributed by atoms with van der Waals surface area (Å²) < 4.78 is 6.26. The van der Waals surface area contributed by atoms with Gasteiger partial charge in [0, 0.05) is 0 Å². The van der Waals surface area contributed by atoms with Crippen LogP contribution < -0.4 is 4.74 Å². The van der Waals surface area contributed by atoms with Crippen molar-refractivity contribution in [1.82, 2.24) is 0 Å². The molecule has 1 aromatic rings. The lowest BCUT2D eigenvalue weighted by Crippen LogP contribution is -2.07. The van der Waals surface area contributed by atoms with Gasteiger partial charge in [-0.25, -0.2) is 4.79 Å². The van der Waals surface area contributed by atoms with Gasteiger partial charge in [-0.05, 0) is 40.0 Å². The van der Waals surface area contributed by atoms with E-state index in [2.05, 4.69) is 29.8 Å². The molecule has 1 N–H and O–H groups in total. The smallest absolute Gasteiger partial charge is 0.335 e. The standard InChI is InChI=1S/C12H15BrO3/c1-3-8(2)7-16-11-5-4-9(12(14)15)6-10(11)13/h4-6,8H,3,7H2,1-2H3,(H,14,15). The molecule has 0 aliphatic rings. The summed E-state index contributed by atoms with van der Waals surface area (Å²) in [5.74, 6) is 0.241. The Morgan fingerprint density at radius 1 is 1.56 bits per heavy atom. The molecule has 0 heterocycles. The van der Waals surface area contributed by atoms with E-state index in [1.807, 2.05) is 0 Å². The van der Waals surface area contributed by atoms with Crippen LogP contribution in [-0.4, -0.2) is 17.7 Å². The van der Waals surface area contributed by atoms with Gasteiger partial charge in [0.05, 0.1) is 16.6 Å². The molecule has 1 atom stereocenters. The molecule has 1 rings (SSSR count). The lowest BCUT2D eigenvalue weighted by atomic mass is 10.1. The summed E-state index contributed by atoms with van der Waals surface area (Å²) in [6, 6.07) is 4.77. The summed E-state index contributed by atoms with van der Waals surface area (Å²) in [5.41, 5.74) is 0.253. The topological polar surface area (TPSA) is 46.5 Å². The average Bonchev–Trinajstić information content (AvgIpc) is 2.26. The minimum atomic E-state index is -0.936. The second-order valence-electron chi connectivity index (χ2n) is 3.77.